The molecule has 1 heterocycles. The summed E-state index contributed by atoms with van der Waals surface area (Å²) < 4.78 is 0. The van der Waals surface area contributed by atoms with Crippen LogP contribution in [0.25, 0.3) is 0 Å². The molecule has 38 valence electrons. The van der Waals surface area contributed by atoms with Gasteiger partial charge in [-0.25, -0.2) is 8.59 Å². The van der Waals surface area contributed by atoms with Crippen molar-refractivity contribution in [1.29, 1.82) is 0 Å². The molecule has 1 saturated heterocycles. The zero-order chi connectivity index (χ0) is 4.78. The van der Waals surface area contributed by atoms with Crippen molar-refractivity contribution < 1.29 is 0 Å². The van der Waals surface area contributed by atoms with Gasteiger partial charge < -0.3 is 0 Å². The lowest BCUT2D eigenvalue weighted by molar-refractivity contribution is 1.25. The molecule has 1 aliphatic heterocycles. The minimum atomic E-state index is -0.647. The van der Waals surface area contributed by atoms with Crippen LogP contribution in [0.1, 0.15) is 6.92 Å². The molecule has 0 nitrogen and oxygen atoms in total. The standard InChI is InChI=1S/C4H10S2/c1-4-3-6(4,2)5/h4,6H,3H2,1-2H3. The van der Waals surface area contributed by atoms with E-state index in [-0.39, 0.29) is 0 Å². The van der Waals surface area contributed by atoms with E-state index >= 15 is 0 Å². The quantitative estimate of drug-likeness (QED) is 0.358. The summed E-state index contributed by atoms with van der Waals surface area (Å²) in [5.41, 5.74) is 0. The zero-order valence-corrected chi connectivity index (χ0v) is 5.85. The summed E-state index contributed by atoms with van der Waals surface area (Å²) in [4.78, 5) is 0. The highest BCUT2D eigenvalue weighted by atomic mass is 32.9. The van der Waals surface area contributed by atoms with Crippen LogP contribution in [0.5, 0.6) is 0 Å². The van der Waals surface area contributed by atoms with Crippen LogP contribution in [-0.2, 0) is 19.8 Å². The van der Waals surface area contributed by atoms with Crippen LogP contribution in [-0.4, -0.2) is 17.3 Å². The van der Waals surface area contributed by atoms with Crippen molar-refractivity contribution in [2.45, 2.75) is 12.2 Å². The summed E-state index contributed by atoms with van der Waals surface area (Å²) in [6, 6.07) is 0. The molecule has 0 aliphatic carbocycles. The van der Waals surface area contributed by atoms with Gasteiger partial charge in [-0.15, -0.1) is 0 Å². The summed E-state index contributed by atoms with van der Waals surface area (Å²) in [6.45, 7) is 2.25. The summed E-state index contributed by atoms with van der Waals surface area (Å²) in [5, 5.41) is 0.924. The summed E-state index contributed by atoms with van der Waals surface area (Å²) in [7, 11) is -0.647. The van der Waals surface area contributed by atoms with Crippen LogP contribution in [0.3, 0.4) is 0 Å². The van der Waals surface area contributed by atoms with E-state index in [0.717, 1.165) is 5.25 Å². The van der Waals surface area contributed by atoms with E-state index in [2.05, 4.69) is 13.2 Å². The van der Waals surface area contributed by atoms with Gasteiger partial charge in [-0.05, 0) is 17.3 Å². The molecule has 0 amide bonds. The van der Waals surface area contributed by atoms with E-state index in [0.29, 0.717) is 0 Å². The van der Waals surface area contributed by atoms with Gasteiger partial charge in [0, 0.05) is 0 Å². The average Bonchev–Trinajstić information content (AvgIpc) is 1.73. The molecule has 0 spiro atoms. The fraction of sp³-hybridized carbons (Fsp3) is 1.00. The Kier molecular flexibility index (Phi) is 0.819. The van der Waals surface area contributed by atoms with E-state index in [1.54, 1.807) is 0 Å². The Morgan fingerprint density at radius 3 is 2.00 bits per heavy atom. The van der Waals surface area contributed by atoms with Gasteiger partial charge in [-0.1, -0.05) is 18.1 Å². The topological polar surface area (TPSA) is 0 Å². The molecule has 0 bridgehead atoms. The second-order valence-corrected chi connectivity index (χ2v) is 8.30. The van der Waals surface area contributed by atoms with Crippen molar-refractivity contribution in [2.24, 2.45) is 0 Å². The van der Waals surface area contributed by atoms with Gasteiger partial charge in [0.1, 0.15) is 0 Å². The lowest BCUT2D eigenvalue weighted by atomic mass is 10.6. The van der Waals surface area contributed by atoms with Crippen molar-refractivity contribution in [2.75, 3.05) is 12.0 Å². The Balaban J connectivity index is 2.64. The second kappa shape index (κ2) is 1.04. The predicted molar refractivity (Wildman–Crippen MR) is 36.4 cm³/mol. The SMILES string of the molecule is CC1C[SH]1(C)=S. The smallest absolute Gasteiger partial charge is 0.00367 e. The van der Waals surface area contributed by atoms with Gasteiger partial charge in [0.25, 0.3) is 0 Å². The molecule has 2 heteroatoms. The van der Waals surface area contributed by atoms with Crippen LogP contribution >= 0.6 is 0 Å². The summed E-state index contributed by atoms with van der Waals surface area (Å²) >= 11 is 5.17. The molecular weight excluding hydrogens is 112 g/mol. The number of rotatable bonds is 0. The molecule has 0 radical (unpaired) electrons. The Labute approximate surface area is 44.5 Å². The number of hydrogen-bond donors (Lipinski definition) is 1. The van der Waals surface area contributed by atoms with Crippen LogP contribution in [0.2, 0.25) is 0 Å². The van der Waals surface area contributed by atoms with E-state index in [1.165, 1.54) is 5.75 Å². The highest BCUT2D eigenvalue weighted by Gasteiger charge is 2.30. The van der Waals surface area contributed by atoms with Gasteiger partial charge >= 0.3 is 0 Å². The maximum atomic E-state index is 5.17. The lowest BCUT2D eigenvalue weighted by Crippen LogP contribution is -1.82. The van der Waals surface area contributed by atoms with Crippen molar-refractivity contribution in [3.05, 3.63) is 0 Å². The zero-order valence-electron chi connectivity index (χ0n) is 4.14. The van der Waals surface area contributed by atoms with Crippen molar-refractivity contribution in [3.8, 4) is 0 Å². The Hall–Kier alpha value is 0.570. The highest BCUT2D eigenvalue weighted by molar-refractivity contribution is 8.44. The molecule has 6 heavy (non-hydrogen) atoms. The van der Waals surface area contributed by atoms with E-state index in [9.17, 15) is 0 Å². The van der Waals surface area contributed by atoms with Crippen molar-refractivity contribution >= 4 is 19.8 Å². The normalized spacial score (nSPS) is 44.7. The van der Waals surface area contributed by atoms with Gasteiger partial charge in [0.2, 0.25) is 0 Å². The first-order chi connectivity index (χ1) is 2.63. The van der Waals surface area contributed by atoms with E-state index < -0.39 is 8.59 Å². The van der Waals surface area contributed by atoms with Crippen LogP contribution in [0, 0.1) is 0 Å². The van der Waals surface area contributed by atoms with Gasteiger partial charge in [0.05, 0.1) is 0 Å². The Morgan fingerprint density at radius 1 is 1.83 bits per heavy atom. The third-order valence-electron chi connectivity index (χ3n) is 1.43. The van der Waals surface area contributed by atoms with Crippen molar-refractivity contribution in [1.82, 2.24) is 0 Å². The first-order valence-electron chi connectivity index (χ1n) is 2.19. The fourth-order valence-electron chi connectivity index (χ4n) is 0.478. The van der Waals surface area contributed by atoms with E-state index in [1.807, 2.05) is 0 Å². The second-order valence-electron chi connectivity index (χ2n) is 2.21. The molecule has 1 fully saturated rings. The minimum absolute atomic E-state index is 0.647. The lowest BCUT2D eigenvalue weighted by Gasteiger charge is -1.85. The summed E-state index contributed by atoms with van der Waals surface area (Å²) in [6.07, 6.45) is 2.24. The maximum Gasteiger partial charge on any atom is -0.00367 e. The molecule has 0 N–H and O–H groups in total. The third kappa shape index (κ3) is 0.636. The molecule has 0 saturated carbocycles. The molecule has 0 aromatic carbocycles. The first-order valence-corrected chi connectivity index (χ1v) is 5.69. The fourth-order valence-corrected chi connectivity index (χ4v) is 3.17. The highest BCUT2D eigenvalue weighted by Crippen LogP contribution is 2.27. The number of thiol groups is 1. The van der Waals surface area contributed by atoms with Gasteiger partial charge in [0.15, 0.2) is 0 Å². The molecule has 0 aromatic heterocycles. The maximum absolute atomic E-state index is 5.17. The Bertz CT molecular complexity index is 106. The van der Waals surface area contributed by atoms with Crippen molar-refractivity contribution in [3.63, 3.8) is 0 Å². The minimum Gasteiger partial charge on any atom is -0.204 e. The van der Waals surface area contributed by atoms with Crippen LogP contribution in [0.15, 0.2) is 0 Å². The van der Waals surface area contributed by atoms with Gasteiger partial charge in [-0.2, -0.15) is 0 Å². The molecule has 1 unspecified atom stereocenters. The molecule has 1 atom stereocenters. The largest absolute Gasteiger partial charge is 0.204 e. The van der Waals surface area contributed by atoms with Crippen LogP contribution in [0.4, 0.5) is 0 Å². The molecule has 1 aliphatic rings. The first kappa shape index (κ1) is 4.72. The van der Waals surface area contributed by atoms with Gasteiger partial charge in [-0.3, -0.25) is 0 Å². The predicted octanol–water partition coefficient (Wildman–Crippen LogP) is 0.367. The molecule has 1 rings (SSSR count). The summed E-state index contributed by atoms with van der Waals surface area (Å²) in [5.74, 6) is 1.36. The van der Waals surface area contributed by atoms with Crippen LogP contribution < -0.4 is 0 Å². The molecule has 0 aromatic rings. The third-order valence-corrected chi connectivity index (χ3v) is 5.80. The Morgan fingerprint density at radius 2 is 2.00 bits per heavy atom. The number of hydrogen-bond acceptors (Lipinski definition) is 1. The van der Waals surface area contributed by atoms with E-state index in [4.69, 9.17) is 11.2 Å². The molecular formula is C4H10S2. The average molecular weight is 122 g/mol. The monoisotopic (exact) mass is 122 g/mol.